The maximum Gasteiger partial charge on any atom is 0.229 e. The van der Waals surface area contributed by atoms with Gasteiger partial charge in [-0.2, -0.15) is 9.97 Å². The largest absolute Gasteiger partial charge is 0.497 e. The van der Waals surface area contributed by atoms with Crippen LogP contribution in [0.2, 0.25) is 0 Å². The molecule has 1 N–H and O–H groups in total. The van der Waals surface area contributed by atoms with Crippen LogP contribution in [0.1, 0.15) is 43.6 Å². The van der Waals surface area contributed by atoms with Crippen LogP contribution in [-0.2, 0) is 17.2 Å². The zero-order valence-corrected chi connectivity index (χ0v) is 21.9. The van der Waals surface area contributed by atoms with Crippen molar-refractivity contribution in [2.24, 2.45) is 7.05 Å². The van der Waals surface area contributed by atoms with Crippen molar-refractivity contribution in [3.05, 3.63) is 65.5 Å². The van der Waals surface area contributed by atoms with Crippen LogP contribution in [0.25, 0.3) is 11.2 Å². The van der Waals surface area contributed by atoms with Gasteiger partial charge in [-0.05, 0) is 47.2 Å². The predicted octanol–water partition coefficient (Wildman–Crippen LogP) is 5.30. The molecule has 1 unspecified atom stereocenters. The maximum absolute atomic E-state index is 6.09. The number of hydrogen-bond donors (Lipinski definition) is 1. The topological polar surface area (TPSA) is 77.3 Å². The molecule has 1 aliphatic rings. The third-order valence-electron chi connectivity index (χ3n) is 6.75. The highest BCUT2D eigenvalue weighted by Gasteiger charge is 2.26. The number of fused-ring (bicyclic) bond motifs is 1. The Balaban J connectivity index is 1.49. The van der Waals surface area contributed by atoms with Gasteiger partial charge in [-0.15, -0.1) is 0 Å². The number of imidazole rings is 1. The van der Waals surface area contributed by atoms with E-state index in [2.05, 4.69) is 61.1 Å². The maximum atomic E-state index is 6.09. The molecule has 1 aliphatic heterocycles. The molecule has 0 spiro atoms. The Kier molecular flexibility index (Phi) is 6.30. The molecule has 1 atom stereocenters. The summed E-state index contributed by atoms with van der Waals surface area (Å²) < 4.78 is 13.4. The summed E-state index contributed by atoms with van der Waals surface area (Å²) in [5, 5.41) is 3.61. The summed E-state index contributed by atoms with van der Waals surface area (Å²) >= 11 is 0. The Morgan fingerprint density at radius 3 is 2.58 bits per heavy atom. The van der Waals surface area contributed by atoms with Gasteiger partial charge >= 0.3 is 0 Å². The minimum absolute atomic E-state index is 0.0487. The molecule has 36 heavy (non-hydrogen) atoms. The summed E-state index contributed by atoms with van der Waals surface area (Å²) in [7, 11) is 3.64. The van der Waals surface area contributed by atoms with Crippen LogP contribution in [0.15, 0.2) is 48.8 Å². The molecule has 3 heterocycles. The predicted molar refractivity (Wildman–Crippen MR) is 143 cm³/mol. The Morgan fingerprint density at radius 1 is 1.08 bits per heavy atom. The Morgan fingerprint density at radius 2 is 1.86 bits per heavy atom. The lowest BCUT2D eigenvalue weighted by atomic mass is 9.86. The van der Waals surface area contributed by atoms with Crippen LogP contribution >= 0.6 is 0 Å². The minimum atomic E-state index is -0.0743. The molecular formula is C28H34N6O2. The van der Waals surface area contributed by atoms with Gasteiger partial charge in [0.1, 0.15) is 17.4 Å². The second-order valence-corrected chi connectivity index (χ2v) is 10.4. The van der Waals surface area contributed by atoms with E-state index in [1.165, 1.54) is 5.56 Å². The molecule has 4 aromatic rings. The van der Waals surface area contributed by atoms with Crippen molar-refractivity contribution >= 4 is 28.6 Å². The van der Waals surface area contributed by atoms with Crippen LogP contribution < -0.4 is 15.0 Å². The SMILES string of the molecule is COc1ccc(C2CN(c3nc(Nc4cc(C(C)(C)C)ccc4C)c4c(ncn4C)n3)CCO2)cc1. The molecule has 1 fully saturated rings. The number of nitrogens with one attached hydrogen (secondary N) is 1. The summed E-state index contributed by atoms with van der Waals surface area (Å²) in [5.74, 6) is 2.23. The highest BCUT2D eigenvalue weighted by Crippen LogP contribution is 2.32. The molecule has 0 bridgehead atoms. The average Bonchev–Trinajstić information content (AvgIpc) is 3.25. The van der Waals surface area contributed by atoms with E-state index in [0.717, 1.165) is 33.9 Å². The van der Waals surface area contributed by atoms with E-state index in [4.69, 9.17) is 19.4 Å². The van der Waals surface area contributed by atoms with Gasteiger partial charge in [0.15, 0.2) is 11.5 Å². The molecule has 8 heteroatoms. The molecule has 0 aliphatic carbocycles. The molecule has 188 valence electrons. The number of aryl methyl sites for hydroxylation is 2. The lowest BCUT2D eigenvalue weighted by Gasteiger charge is -2.33. The second kappa shape index (κ2) is 9.43. The van der Waals surface area contributed by atoms with Crippen molar-refractivity contribution < 1.29 is 9.47 Å². The molecule has 8 nitrogen and oxygen atoms in total. The normalized spacial score (nSPS) is 16.4. The molecule has 0 saturated carbocycles. The van der Waals surface area contributed by atoms with Crippen molar-refractivity contribution in [1.82, 2.24) is 19.5 Å². The number of rotatable bonds is 5. The third-order valence-corrected chi connectivity index (χ3v) is 6.75. The first-order valence-corrected chi connectivity index (χ1v) is 12.3. The van der Waals surface area contributed by atoms with Gasteiger partial charge in [0, 0.05) is 19.3 Å². The number of ether oxygens (including phenoxy) is 2. The molecular weight excluding hydrogens is 452 g/mol. The van der Waals surface area contributed by atoms with Crippen LogP contribution in [-0.4, -0.2) is 46.3 Å². The zero-order valence-electron chi connectivity index (χ0n) is 21.9. The van der Waals surface area contributed by atoms with Crippen LogP contribution in [0.3, 0.4) is 0 Å². The first-order chi connectivity index (χ1) is 17.2. The number of nitrogens with zero attached hydrogens (tertiary/aromatic N) is 5. The lowest BCUT2D eigenvalue weighted by molar-refractivity contribution is 0.0392. The smallest absolute Gasteiger partial charge is 0.229 e. The fourth-order valence-electron chi connectivity index (χ4n) is 4.48. The molecule has 1 saturated heterocycles. The second-order valence-electron chi connectivity index (χ2n) is 10.4. The monoisotopic (exact) mass is 486 g/mol. The Labute approximate surface area is 212 Å². The minimum Gasteiger partial charge on any atom is -0.497 e. The third kappa shape index (κ3) is 4.73. The fraction of sp³-hybridized carbons (Fsp3) is 0.393. The first kappa shape index (κ1) is 24.1. The molecule has 2 aromatic heterocycles. The molecule has 2 aromatic carbocycles. The number of methoxy groups -OCH3 is 1. The van der Waals surface area contributed by atoms with Crippen molar-refractivity contribution in [1.29, 1.82) is 0 Å². The van der Waals surface area contributed by atoms with Gasteiger partial charge < -0.3 is 24.3 Å². The standard InChI is InChI=1S/C28H34N6O2/c1-18-7-10-20(28(2,3)4)15-22(18)30-26-24-25(29-17-33(24)5)31-27(32-26)34-13-14-36-23(16-34)19-8-11-21(35-6)12-9-19/h7-12,15,17,23H,13-14,16H2,1-6H3,(H,30,31,32). The number of aromatic nitrogens is 4. The van der Waals surface area contributed by atoms with E-state index < -0.39 is 0 Å². The van der Waals surface area contributed by atoms with Gasteiger partial charge in [0.05, 0.1) is 26.6 Å². The van der Waals surface area contributed by atoms with Crippen molar-refractivity contribution in [2.75, 3.05) is 37.0 Å². The number of benzene rings is 2. The summed E-state index contributed by atoms with van der Waals surface area (Å²) in [6.07, 6.45) is 1.71. The van der Waals surface area contributed by atoms with Crippen LogP contribution in [0.5, 0.6) is 5.75 Å². The van der Waals surface area contributed by atoms with Gasteiger partial charge in [0.25, 0.3) is 0 Å². The van der Waals surface area contributed by atoms with E-state index in [0.29, 0.717) is 31.3 Å². The average molecular weight is 487 g/mol. The van der Waals surface area contributed by atoms with E-state index >= 15 is 0 Å². The highest BCUT2D eigenvalue weighted by molar-refractivity contribution is 5.87. The van der Waals surface area contributed by atoms with Gasteiger partial charge in [-0.1, -0.05) is 45.0 Å². The zero-order chi connectivity index (χ0) is 25.4. The van der Waals surface area contributed by atoms with E-state index in [1.54, 1.807) is 13.4 Å². The first-order valence-electron chi connectivity index (χ1n) is 12.3. The van der Waals surface area contributed by atoms with E-state index in [1.807, 2.05) is 35.9 Å². The number of hydrogen-bond acceptors (Lipinski definition) is 7. The van der Waals surface area contributed by atoms with Gasteiger partial charge in [0.2, 0.25) is 5.95 Å². The van der Waals surface area contributed by atoms with Crippen LogP contribution in [0.4, 0.5) is 17.5 Å². The van der Waals surface area contributed by atoms with E-state index in [-0.39, 0.29) is 11.5 Å². The highest BCUT2D eigenvalue weighted by atomic mass is 16.5. The Hall–Kier alpha value is -3.65. The quantitative estimate of drug-likeness (QED) is 0.410. The summed E-state index contributed by atoms with van der Waals surface area (Å²) in [6.45, 7) is 10.7. The summed E-state index contributed by atoms with van der Waals surface area (Å²) in [4.78, 5) is 16.6. The molecule has 5 rings (SSSR count). The number of anilines is 3. The Bertz CT molecular complexity index is 1370. The van der Waals surface area contributed by atoms with Crippen molar-refractivity contribution in [2.45, 2.75) is 39.2 Å². The summed E-state index contributed by atoms with van der Waals surface area (Å²) in [6, 6.07) is 14.6. The van der Waals surface area contributed by atoms with Gasteiger partial charge in [-0.3, -0.25) is 0 Å². The van der Waals surface area contributed by atoms with Gasteiger partial charge in [-0.25, -0.2) is 4.98 Å². The fourth-order valence-corrected chi connectivity index (χ4v) is 4.48. The number of morpholine rings is 1. The summed E-state index contributed by atoms with van der Waals surface area (Å²) in [5.41, 5.74) is 6.15. The van der Waals surface area contributed by atoms with E-state index in [9.17, 15) is 0 Å². The lowest BCUT2D eigenvalue weighted by Crippen LogP contribution is -2.39. The molecule has 0 amide bonds. The van der Waals surface area contributed by atoms with Crippen molar-refractivity contribution in [3.63, 3.8) is 0 Å². The van der Waals surface area contributed by atoms with Crippen LogP contribution in [0, 0.1) is 6.92 Å². The van der Waals surface area contributed by atoms with Crippen molar-refractivity contribution in [3.8, 4) is 5.75 Å². The molecule has 0 radical (unpaired) electrons.